The predicted octanol–water partition coefficient (Wildman–Crippen LogP) is 1.51. The molecule has 1 unspecified atom stereocenters. The van der Waals surface area contributed by atoms with Crippen LogP contribution in [0.2, 0.25) is 0 Å². The molecule has 0 aliphatic carbocycles. The van der Waals surface area contributed by atoms with Crippen molar-refractivity contribution in [3.05, 3.63) is 41.8 Å². The molecule has 1 aromatic carbocycles. The Morgan fingerprint density at radius 3 is 2.75 bits per heavy atom. The lowest BCUT2D eigenvalue weighted by atomic mass is 10.0. The molecule has 4 rings (SSSR count). The van der Waals surface area contributed by atoms with Gasteiger partial charge in [-0.05, 0) is 19.1 Å². The Labute approximate surface area is 163 Å². The van der Waals surface area contributed by atoms with Crippen molar-refractivity contribution in [2.45, 2.75) is 13.0 Å². The number of aliphatic hydroxyl groups is 1. The lowest BCUT2D eigenvalue weighted by Crippen LogP contribution is -2.40. The maximum atomic E-state index is 12.9. The minimum absolute atomic E-state index is 0.0811. The van der Waals surface area contributed by atoms with Crippen LogP contribution in [0.25, 0.3) is 11.0 Å². The monoisotopic (exact) mass is 384 g/mol. The fraction of sp³-hybridized carbons (Fsp3) is 0.450. The molecule has 0 saturated carbocycles. The molecular weight excluding hydrogens is 360 g/mol. The van der Waals surface area contributed by atoms with Gasteiger partial charge in [-0.1, -0.05) is 6.58 Å². The van der Waals surface area contributed by atoms with E-state index in [4.69, 9.17) is 14.5 Å². The van der Waals surface area contributed by atoms with Crippen molar-refractivity contribution in [3.8, 4) is 0 Å². The summed E-state index contributed by atoms with van der Waals surface area (Å²) in [6, 6.07) is 3.47. The highest BCUT2D eigenvalue weighted by Gasteiger charge is 2.23. The smallest absolute Gasteiger partial charge is 0.254 e. The van der Waals surface area contributed by atoms with Crippen LogP contribution in [0.1, 0.15) is 28.9 Å². The zero-order valence-corrected chi connectivity index (χ0v) is 15.9. The molecule has 148 valence electrons. The average Bonchev–Trinajstić information content (AvgIpc) is 2.72. The van der Waals surface area contributed by atoms with Gasteiger partial charge in [-0.3, -0.25) is 9.78 Å². The van der Waals surface area contributed by atoms with Gasteiger partial charge in [0.1, 0.15) is 18.2 Å². The number of hydrogen-bond donors (Lipinski definition) is 1. The summed E-state index contributed by atoms with van der Waals surface area (Å²) < 4.78 is 10.7. The highest BCUT2D eigenvalue weighted by Crippen LogP contribution is 2.27. The van der Waals surface area contributed by atoms with Crippen molar-refractivity contribution >= 4 is 22.8 Å². The largest absolute Gasteiger partial charge is 0.495 e. The van der Waals surface area contributed by atoms with Gasteiger partial charge in [-0.2, -0.15) is 0 Å². The van der Waals surface area contributed by atoms with Crippen LogP contribution in [0.4, 0.5) is 5.82 Å². The standard InChI is InChI=1S/C20H24N4O4/c1-13-12-24(5-8-28-13)18-11-21-17-10-15(9-16(14(2)25)19(17)22-18)20(26)23-3-6-27-7-4-23/h9-11,14,25H,1,3-8,12H2,2H3. The van der Waals surface area contributed by atoms with Crippen molar-refractivity contribution < 1.29 is 19.4 Å². The molecular formula is C20H24N4O4. The molecule has 8 nitrogen and oxygen atoms in total. The van der Waals surface area contributed by atoms with Gasteiger partial charge in [0.05, 0.1) is 49.6 Å². The maximum absolute atomic E-state index is 12.9. The summed E-state index contributed by atoms with van der Waals surface area (Å²) >= 11 is 0. The zero-order chi connectivity index (χ0) is 19.7. The SMILES string of the molecule is C=C1CN(c2cnc3cc(C(=O)N4CCOCC4)cc(C(C)O)c3n2)CCO1. The van der Waals surface area contributed by atoms with Gasteiger partial charge in [0.2, 0.25) is 0 Å². The summed E-state index contributed by atoms with van der Waals surface area (Å²) in [7, 11) is 0. The molecule has 1 aromatic heterocycles. The van der Waals surface area contributed by atoms with E-state index in [-0.39, 0.29) is 5.91 Å². The summed E-state index contributed by atoms with van der Waals surface area (Å²) in [4.78, 5) is 25.9. The van der Waals surface area contributed by atoms with Crippen LogP contribution < -0.4 is 4.90 Å². The number of morpholine rings is 2. The maximum Gasteiger partial charge on any atom is 0.254 e. The van der Waals surface area contributed by atoms with Gasteiger partial charge in [0.25, 0.3) is 5.91 Å². The second-order valence-corrected chi connectivity index (χ2v) is 7.05. The number of ether oxygens (including phenoxy) is 2. The number of carbonyl (C=O) groups excluding carboxylic acids is 1. The number of rotatable bonds is 3. The first-order valence-electron chi connectivity index (χ1n) is 9.44. The minimum Gasteiger partial charge on any atom is -0.495 e. The highest BCUT2D eigenvalue weighted by molar-refractivity contribution is 5.98. The van der Waals surface area contributed by atoms with Crippen molar-refractivity contribution in [1.82, 2.24) is 14.9 Å². The van der Waals surface area contributed by atoms with Gasteiger partial charge in [0.15, 0.2) is 0 Å². The van der Waals surface area contributed by atoms with Gasteiger partial charge in [-0.25, -0.2) is 4.98 Å². The van der Waals surface area contributed by atoms with Crippen molar-refractivity contribution in [3.63, 3.8) is 0 Å². The molecule has 3 heterocycles. The number of benzene rings is 1. The van der Waals surface area contributed by atoms with Gasteiger partial charge in [-0.15, -0.1) is 0 Å². The van der Waals surface area contributed by atoms with E-state index in [2.05, 4.69) is 11.6 Å². The molecule has 2 aromatic rings. The van der Waals surface area contributed by atoms with E-state index in [0.717, 1.165) is 0 Å². The Morgan fingerprint density at radius 1 is 1.25 bits per heavy atom. The molecule has 0 spiro atoms. The van der Waals surface area contributed by atoms with Crippen molar-refractivity contribution in [1.29, 1.82) is 0 Å². The highest BCUT2D eigenvalue weighted by atomic mass is 16.5. The molecule has 2 fully saturated rings. The van der Waals surface area contributed by atoms with Crippen LogP contribution in [0.3, 0.4) is 0 Å². The first-order valence-corrected chi connectivity index (χ1v) is 9.44. The topological polar surface area (TPSA) is 88.0 Å². The number of aliphatic hydroxyl groups excluding tert-OH is 1. The molecule has 0 bridgehead atoms. The summed E-state index contributed by atoms with van der Waals surface area (Å²) in [5.74, 6) is 1.31. The summed E-state index contributed by atoms with van der Waals surface area (Å²) in [6.45, 7) is 9.54. The Morgan fingerprint density at radius 2 is 2.04 bits per heavy atom. The third kappa shape index (κ3) is 3.65. The molecule has 2 aliphatic rings. The van der Waals surface area contributed by atoms with Crippen LogP contribution >= 0.6 is 0 Å². The average molecular weight is 384 g/mol. The second kappa shape index (κ2) is 7.73. The van der Waals surface area contributed by atoms with E-state index >= 15 is 0 Å². The van der Waals surface area contributed by atoms with E-state index in [9.17, 15) is 9.90 Å². The molecule has 8 heteroatoms. The molecule has 2 saturated heterocycles. The zero-order valence-electron chi connectivity index (χ0n) is 15.9. The quantitative estimate of drug-likeness (QED) is 0.858. The lowest BCUT2D eigenvalue weighted by Gasteiger charge is -2.29. The number of nitrogens with zero attached hydrogens (tertiary/aromatic N) is 4. The third-order valence-corrected chi connectivity index (χ3v) is 5.02. The Kier molecular flexibility index (Phi) is 5.15. The van der Waals surface area contributed by atoms with E-state index < -0.39 is 6.10 Å². The number of hydrogen-bond acceptors (Lipinski definition) is 7. The van der Waals surface area contributed by atoms with E-state index in [1.54, 1.807) is 30.2 Å². The Hall–Kier alpha value is -2.71. The number of anilines is 1. The minimum atomic E-state index is -0.774. The van der Waals surface area contributed by atoms with Crippen LogP contribution in [0.5, 0.6) is 0 Å². The summed E-state index contributed by atoms with van der Waals surface area (Å²) in [5, 5.41) is 10.3. The first-order chi connectivity index (χ1) is 13.5. The molecule has 1 amide bonds. The number of carbonyl (C=O) groups is 1. The van der Waals surface area contributed by atoms with E-state index in [1.165, 1.54) is 0 Å². The lowest BCUT2D eigenvalue weighted by molar-refractivity contribution is 0.0303. The van der Waals surface area contributed by atoms with Crippen LogP contribution in [-0.2, 0) is 9.47 Å². The fourth-order valence-electron chi connectivity index (χ4n) is 3.51. The number of amides is 1. The predicted molar refractivity (Wildman–Crippen MR) is 104 cm³/mol. The van der Waals surface area contributed by atoms with Crippen molar-refractivity contribution in [2.75, 3.05) is 50.9 Å². The molecule has 2 aliphatic heterocycles. The second-order valence-electron chi connectivity index (χ2n) is 7.05. The number of aromatic nitrogens is 2. The summed E-state index contributed by atoms with van der Waals surface area (Å²) in [6.07, 6.45) is 0.916. The molecule has 28 heavy (non-hydrogen) atoms. The fourth-order valence-corrected chi connectivity index (χ4v) is 3.51. The first kappa shape index (κ1) is 18.6. The molecule has 0 radical (unpaired) electrons. The van der Waals surface area contributed by atoms with Gasteiger partial charge < -0.3 is 24.4 Å². The van der Waals surface area contributed by atoms with Gasteiger partial charge >= 0.3 is 0 Å². The molecule has 1 atom stereocenters. The molecule has 1 N–H and O–H groups in total. The Balaban J connectivity index is 1.72. The van der Waals surface area contributed by atoms with Crippen LogP contribution in [-0.4, -0.2) is 71.9 Å². The van der Waals surface area contributed by atoms with Crippen molar-refractivity contribution in [2.24, 2.45) is 0 Å². The Bertz CT molecular complexity index is 908. The summed E-state index contributed by atoms with van der Waals surface area (Å²) in [5.41, 5.74) is 2.29. The van der Waals surface area contributed by atoms with Crippen LogP contribution in [0, 0.1) is 0 Å². The third-order valence-electron chi connectivity index (χ3n) is 5.02. The normalized spacial score (nSPS) is 18.9. The van der Waals surface area contributed by atoms with E-state index in [0.29, 0.717) is 79.7 Å². The number of fused-ring (bicyclic) bond motifs is 1. The van der Waals surface area contributed by atoms with Gasteiger partial charge in [0, 0.05) is 24.2 Å². The van der Waals surface area contributed by atoms with E-state index in [1.807, 2.05) is 4.90 Å². The van der Waals surface area contributed by atoms with Crippen LogP contribution in [0.15, 0.2) is 30.7 Å².